The number of nitrogens with one attached hydrogen (secondary N) is 1. The first-order valence-corrected chi connectivity index (χ1v) is 9.74. The molecule has 1 N–H and O–H groups in total. The van der Waals surface area contributed by atoms with Crippen LogP contribution >= 0.6 is 0 Å². The highest BCUT2D eigenvalue weighted by Gasteiger charge is 2.37. The van der Waals surface area contributed by atoms with Gasteiger partial charge in [-0.1, -0.05) is 37.3 Å². The monoisotopic (exact) mass is 344 g/mol. The molecule has 2 aliphatic heterocycles. The van der Waals surface area contributed by atoms with Crippen molar-refractivity contribution in [1.29, 1.82) is 0 Å². The van der Waals surface area contributed by atoms with Crippen molar-refractivity contribution in [3.63, 3.8) is 0 Å². The molecule has 138 valence electrons. The standard InChI is InChI=1S/C21H32N2O2/c1-17(15-19-9-6-14-25-19)22-20(24)21(2)10-12-23(13-11-21)16-18-7-4-3-5-8-18/h3-5,7-8,17,19H,6,9-16H2,1-2H3,(H,22,24)/t17-,19-/m0/s1. The van der Waals surface area contributed by atoms with Crippen LogP contribution in [0.4, 0.5) is 0 Å². The topological polar surface area (TPSA) is 41.6 Å². The van der Waals surface area contributed by atoms with E-state index in [2.05, 4.69) is 54.4 Å². The summed E-state index contributed by atoms with van der Waals surface area (Å²) in [4.78, 5) is 15.3. The molecule has 25 heavy (non-hydrogen) atoms. The van der Waals surface area contributed by atoms with E-state index < -0.39 is 0 Å². The van der Waals surface area contributed by atoms with Crippen molar-refractivity contribution in [3.05, 3.63) is 35.9 Å². The Hall–Kier alpha value is -1.39. The molecule has 0 saturated carbocycles. The van der Waals surface area contributed by atoms with E-state index in [1.165, 1.54) is 5.56 Å². The molecule has 1 aromatic carbocycles. The van der Waals surface area contributed by atoms with Crippen molar-refractivity contribution in [3.8, 4) is 0 Å². The first-order chi connectivity index (χ1) is 12.0. The molecule has 1 aromatic rings. The molecule has 0 aromatic heterocycles. The molecule has 2 heterocycles. The lowest BCUT2D eigenvalue weighted by atomic mass is 9.79. The van der Waals surface area contributed by atoms with E-state index in [1.54, 1.807) is 0 Å². The summed E-state index contributed by atoms with van der Waals surface area (Å²) in [5, 5.41) is 3.24. The predicted octanol–water partition coefficient (Wildman–Crippen LogP) is 3.36. The first kappa shape index (κ1) is 18.4. The smallest absolute Gasteiger partial charge is 0.226 e. The van der Waals surface area contributed by atoms with Crippen LogP contribution in [0.1, 0.15) is 51.5 Å². The summed E-state index contributed by atoms with van der Waals surface area (Å²) in [6, 6.07) is 10.8. The zero-order chi connectivity index (χ0) is 17.7. The molecule has 0 unspecified atom stereocenters. The molecule has 4 nitrogen and oxygen atoms in total. The van der Waals surface area contributed by atoms with Crippen LogP contribution in [0, 0.1) is 5.41 Å². The van der Waals surface area contributed by atoms with Crippen LogP contribution in [0.2, 0.25) is 0 Å². The molecular formula is C21H32N2O2. The number of benzene rings is 1. The minimum atomic E-state index is -0.238. The van der Waals surface area contributed by atoms with Gasteiger partial charge in [-0.15, -0.1) is 0 Å². The second kappa shape index (κ2) is 8.33. The van der Waals surface area contributed by atoms with Gasteiger partial charge in [0, 0.05) is 24.6 Å². The fourth-order valence-corrected chi connectivity index (χ4v) is 3.95. The average molecular weight is 344 g/mol. The van der Waals surface area contributed by atoms with E-state index in [9.17, 15) is 4.79 Å². The fourth-order valence-electron chi connectivity index (χ4n) is 3.95. The van der Waals surface area contributed by atoms with Crippen LogP contribution in [0.25, 0.3) is 0 Å². The van der Waals surface area contributed by atoms with Crippen LogP contribution in [-0.2, 0) is 16.1 Å². The Morgan fingerprint density at radius 3 is 2.68 bits per heavy atom. The van der Waals surface area contributed by atoms with Crippen LogP contribution < -0.4 is 5.32 Å². The van der Waals surface area contributed by atoms with Gasteiger partial charge in [0.2, 0.25) is 5.91 Å². The Balaban J connectivity index is 1.45. The van der Waals surface area contributed by atoms with Crippen LogP contribution in [0.15, 0.2) is 30.3 Å². The Bertz CT molecular complexity index is 546. The van der Waals surface area contributed by atoms with Crippen LogP contribution in [0.3, 0.4) is 0 Å². The van der Waals surface area contributed by atoms with Gasteiger partial charge in [-0.25, -0.2) is 0 Å². The molecule has 2 saturated heterocycles. The van der Waals surface area contributed by atoms with E-state index in [-0.39, 0.29) is 17.4 Å². The summed E-state index contributed by atoms with van der Waals surface area (Å²) >= 11 is 0. The van der Waals surface area contributed by atoms with Crippen molar-refractivity contribution >= 4 is 5.91 Å². The third kappa shape index (κ3) is 5.05. The normalized spacial score (nSPS) is 24.8. The number of nitrogens with zero attached hydrogens (tertiary/aromatic N) is 1. The summed E-state index contributed by atoms with van der Waals surface area (Å²) in [6.07, 6.45) is 5.40. The third-order valence-corrected chi connectivity index (χ3v) is 5.77. The highest BCUT2D eigenvalue weighted by molar-refractivity contribution is 5.82. The number of hydrogen-bond donors (Lipinski definition) is 1. The Kier molecular flexibility index (Phi) is 6.13. The molecular weight excluding hydrogens is 312 g/mol. The molecule has 0 aliphatic carbocycles. The lowest BCUT2D eigenvalue weighted by molar-refractivity contribution is -0.133. The van der Waals surface area contributed by atoms with Gasteiger partial charge in [0.05, 0.1) is 6.10 Å². The van der Waals surface area contributed by atoms with Gasteiger partial charge in [-0.3, -0.25) is 9.69 Å². The lowest BCUT2D eigenvalue weighted by Crippen LogP contribution is -2.49. The molecule has 3 rings (SSSR count). The SMILES string of the molecule is C[C@@H](C[C@@H]1CCCO1)NC(=O)C1(C)CCN(Cc2ccccc2)CC1. The molecule has 2 aliphatic rings. The Morgan fingerprint density at radius 1 is 1.32 bits per heavy atom. The Labute approximate surface area is 151 Å². The quantitative estimate of drug-likeness (QED) is 0.860. The number of ether oxygens (including phenoxy) is 1. The van der Waals surface area contributed by atoms with Gasteiger partial charge in [-0.05, 0) is 57.7 Å². The maximum atomic E-state index is 12.8. The summed E-state index contributed by atoms with van der Waals surface area (Å²) < 4.78 is 5.69. The zero-order valence-electron chi connectivity index (χ0n) is 15.7. The zero-order valence-corrected chi connectivity index (χ0v) is 15.7. The number of hydrogen-bond acceptors (Lipinski definition) is 3. The van der Waals surface area contributed by atoms with Crippen molar-refractivity contribution in [1.82, 2.24) is 10.2 Å². The van der Waals surface area contributed by atoms with E-state index in [4.69, 9.17) is 4.74 Å². The number of likely N-dealkylation sites (tertiary alicyclic amines) is 1. The van der Waals surface area contributed by atoms with Gasteiger partial charge >= 0.3 is 0 Å². The van der Waals surface area contributed by atoms with E-state index in [1.807, 2.05) is 0 Å². The summed E-state index contributed by atoms with van der Waals surface area (Å²) in [5.41, 5.74) is 1.11. The van der Waals surface area contributed by atoms with E-state index in [0.29, 0.717) is 6.10 Å². The molecule has 2 atom stereocenters. The third-order valence-electron chi connectivity index (χ3n) is 5.77. The maximum absolute atomic E-state index is 12.8. The lowest BCUT2D eigenvalue weighted by Gasteiger charge is -2.39. The molecule has 2 fully saturated rings. The second-order valence-electron chi connectivity index (χ2n) is 8.07. The predicted molar refractivity (Wildman–Crippen MR) is 100 cm³/mol. The van der Waals surface area contributed by atoms with Gasteiger partial charge in [0.15, 0.2) is 0 Å². The van der Waals surface area contributed by atoms with Gasteiger partial charge in [0.1, 0.15) is 0 Å². The van der Waals surface area contributed by atoms with Gasteiger partial charge in [0.25, 0.3) is 0 Å². The number of rotatable bonds is 6. The molecule has 0 spiro atoms. The number of carbonyl (C=O) groups excluding carboxylic acids is 1. The molecule has 1 amide bonds. The highest BCUT2D eigenvalue weighted by Crippen LogP contribution is 2.32. The van der Waals surface area contributed by atoms with Gasteiger partial charge in [-0.2, -0.15) is 0 Å². The van der Waals surface area contributed by atoms with Crippen molar-refractivity contribution < 1.29 is 9.53 Å². The summed E-state index contributed by atoms with van der Waals surface area (Å²) in [7, 11) is 0. The largest absolute Gasteiger partial charge is 0.378 e. The maximum Gasteiger partial charge on any atom is 0.226 e. The van der Waals surface area contributed by atoms with Crippen molar-refractivity contribution in [2.75, 3.05) is 19.7 Å². The molecule has 0 bridgehead atoms. The second-order valence-corrected chi connectivity index (χ2v) is 8.07. The van der Waals surface area contributed by atoms with Crippen molar-refractivity contribution in [2.24, 2.45) is 5.41 Å². The molecule has 4 heteroatoms. The number of amides is 1. The number of piperidine rings is 1. The van der Waals surface area contributed by atoms with Crippen molar-refractivity contribution in [2.45, 2.75) is 64.6 Å². The number of carbonyl (C=O) groups is 1. The van der Waals surface area contributed by atoms with E-state index >= 15 is 0 Å². The van der Waals surface area contributed by atoms with E-state index in [0.717, 1.165) is 58.3 Å². The summed E-state index contributed by atoms with van der Waals surface area (Å²) in [6.45, 7) is 8.06. The Morgan fingerprint density at radius 2 is 2.04 bits per heavy atom. The molecule has 0 radical (unpaired) electrons. The average Bonchev–Trinajstić information content (AvgIpc) is 3.11. The highest BCUT2D eigenvalue weighted by atomic mass is 16.5. The van der Waals surface area contributed by atoms with Crippen LogP contribution in [-0.4, -0.2) is 42.6 Å². The first-order valence-electron chi connectivity index (χ1n) is 9.74. The summed E-state index contributed by atoms with van der Waals surface area (Å²) in [5.74, 6) is 0.220. The fraction of sp³-hybridized carbons (Fsp3) is 0.667. The van der Waals surface area contributed by atoms with Gasteiger partial charge < -0.3 is 10.1 Å². The van der Waals surface area contributed by atoms with Crippen LogP contribution in [0.5, 0.6) is 0 Å². The minimum absolute atomic E-state index is 0.190. The minimum Gasteiger partial charge on any atom is -0.378 e.